The van der Waals surface area contributed by atoms with Crippen LogP contribution in [-0.4, -0.2) is 26.3 Å². The molecular weight excluding hydrogens is 374 g/mol. The summed E-state index contributed by atoms with van der Waals surface area (Å²) in [6.45, 7) is 1.75. The molecule has 0 aliphatic heterocycles. The van der Waals surface area contributed by atoms with Crippen LogP contribution in [0.4, 0.5) is 5.69 Å². The van der Waals surface area contributed by atoms with Crippen LogP contribution in [-0.2, 0) is 4.79 Å². The molecule has 4 aromatic rings. The first-order chi connectivity index (χ1) is 13.6. The molecule has 4 rings (SSSR count). The Kier molecular flexibility index (Phi) is 4.83. The lowest BCUT2D eigenvalue weighted by Crippen LogP contribution is -2.22. The largest absolute Gasteiger partial charge is 0.411 e. The van der Waals surface area contributed by atoms with E-state index in [1.807, 2.05) is 36.5 Å². The third-order valence-electron chi connectivity index (χ3n) is 4.13. The van der Waals surface area contributed by atoms with Gasteiger partial charge in [0.25, 0.3) is 11.1 Å². The van der Waals surface area contributed by atoms with Crippen molar-refractivity contribution in [2.24, 2.45) is 0 Å². The van der Waals surface area contributed by atoms with Gasteiger partial charge in [-0.3, -0.25) is 4.79 Å². The zero-order chi connectivity index (χ0) is 19.5. The number of H-pyrrole nitrogens is 1. The molecule has 0 bridgehead atoms. The lowest BCUT2D eigenvalue weighted by Gasteiger charge is -2.09. The number of rotatable bonds is 5. The number of aromatic amines is 1. The van der Waals surface area contributed by atoms with Crippen molar-refractivity contribution in [1.29, 1.82) is 5.26 Å². The highest BCUT2D eigenvalue weighted by Gasteiger charge is 2.20. The van der Waals surface area contributed by atoms with Crippen LogP contribution in [0.25, 0.3) is 22.4 Å². The van der Waals surface area contributed by atoms with Crippen molar-refractivity contribution in [2.45, 2.75) is 17.4 Å². The number of carbonyl (C=O) groups excluding carboxylic acids is 1. The number of hydrogen-bond donors (Lipinski definition) is 2. The monoisotopic (exact) mass is 389 g/mol. The molecule has 0 radical (unpaired) electrons. The molecule has 0 unspecified atom stereocenters. The van der Waals surface area contributed by atoms with Crippen molar-refractivity contribution < 1.29 is 9.21 Å². The number of thioether (sulfide) groups is 1. The molecule has 2 aromatic heterocycles. The Morgan fingerprint density at radius 3 is 2.96 bits per heavy atom. The first kappa shape index (κ1) is 17.8. The molecule has 0 aliphatic carbocycles. The predicted octanol–water partition coefficient (Wildman–Crippen LogP) is 4.21. The number of fused-ring (bicyclic) bond motifs is 1. The van der Waals surface area contributed by atoms with E-state index in [1.165, 1.54) is 11.8 Å². The van der Waals surface area contributed by atoms with Crippen molar-refractivity contribution in [1.82, 2.24) is 15.2 Å². The minimum absolute atomic E-state index is 0.216. The number of anilines is 1. The molecule has 2 aromatic carbocycles. The van der Waals surface area contributed by atoms with E-state index in [0.29, 0.717) is 22.4 Å². The Morgan fingerprint density at radius 1 is 1.25 bits per heavy atom. The van der Waals surface area contributed by atoms with Crippen LogP contribution in [0.1, 0.15) is 12.5 Å². The predicted molar refractivity (Wildman–Crippen MR) is 107 cm³/mol. The second-order valence-corrected chi connectivity index (χ2v) is 7.36. The van der Waals surface area contributed by atoms with Crippen molar-refractivity contribution in [3.63, 3.8) is 0 Å². The molecule has 2 heterocycles. The van der Waals surface area contributed by atoms with E-state index in [-0.39, 0.29) is 5.91 Å². The highest BCUT2D eigenvalue weighted by atomic mass is 32.2. The Balaban J connectivity index is 1.46. The molecule has 0 spiro atoms. The van der Waals surface area contributed by atoms with Crippen LogP contribution < -0.4 is 5.32 Å². The Labute approximate surface area is 164 Å². The van der Waals surface area contributed by atoms with Crippen LogP contribution in [0, 0.1) is 11.3 Å². The van der Waals surface area contributed by atoms with E-state index in [2.05, 4.69) is 20.5 Å². The lowest BCUT2D eigenvalue weighted by molar-refractivity contribution is -0.115. The summed E-state index contributed by atoms with van der Waals surface area (Å²) in [4.78, 5) is 15.6. The fraction of sp³-hybridized carbons (Fsp3) is 0.100. The molecule has 0 aliphatic rings. The molecule has 7 nitrogen and oxygen atoms in total. The van der Waals surface area contributed by atoms with Gasteiger partial charge < -0.3 is 14.7 Å². The summed E-state index contributed by atoms with van der Waals surface area (Å²) in [7, 11) is 0. The SMILES string of the molecule is C[C@@H](Sc1nnc(-c2c[nH]c3ccccc23)o1)C(=O)Nc1cccc(C#N)c1. The van der Waals surface area contributed by atoms with Gasteiger partial charge in [-0.1, -0.05) is 36.0 Å². The van der Waals surface area contributed by atoms with Gasteiger partial charge in [0.2, 0.25) is 5.91 Å². The average molecular weight is 389 g/mol. The minimum Gasteiger partial charge on any atom is -0.411 e. The number of benzene rings is 2. The lowest BCUT2D eigenvalue weighted by atomic mass is 10.2. The fourth-order valence-corrected chi connectivity index (χ4v) is 3.41. The number of nitrogens with zero attached hydrogens (tertiary/aromatic N) is 3. The maximum absolute atomic E-state index is 12.4. The summed E-state index contributed by atoms with van der Waals surface area (Å²) in [5.74, 6) is 0.182. The van der Waals surface area contributed by atoms with Gasteiger partial charge in [-0.15, -0.1) is 10.2 Å². The van der Waals surface area contributed by atoms with E-state index in [1.54, 1.807) is 31.2 Å². The summed E-state index contributed by atoms with van der Waals surface area (Å²) in [6.07, 6.45) is 1.82. The maximum atomic E-state index is 12.4. The number of amides is 1. The molecule has 2 N–H and O–H groups in total. The number of nitriles is 1. The Morgan fingerprint density at radius 2 is 2.11 bits per heavy atom. The molecule has 0 saturated carbocycles. The van der Waals surface area contributed by atoms with Gasteiger partial charge in [-0.05, 0) is 31.2 Å². The second-order valence-electron chi connectivity index (χ2n) is 6.06. The molecule has 0 fully saturated rings. The van der Waals surface area contributed by atoms with Crippen molar-refractivity contribution >= 4 is 34.3 Å². The molecule has 28 heavy (non-hydrogen) atoms. The van der Waals surface area contributed by atoms with Gasteiger partial charge in [-0.25, -0.2) is 0 Å². The first-order valence-electron chi connectivity index (χ1n) is 8.52. The van der Waals surface area contributed by atoms with E-state index >= 15 is 0 Å². The summed E-state index contributed by atoms with van der Waals surface area (Å²) in [6, 6.07) is 16.6. The van der Waals surface area contributed by atoms with Crippen LogP contribution >= 0.6 is 11.8 Å². The molecular formula is C20H15N5O2S. The smallest absolute Gasteiger partial charge is 0.277 e. The molecule has 8 heteroatoms. The van der Waals surface area contributed by atoms with E-state index in [4.69, 9.17) is 9.68 Å². The fourth-order valence-electron chi connectivity index (χ4n) is 2.73. The summed E-state index contributed by atoms with van der Waals surface area (Å²) >= 11 is 1.18. The molecule has 1 amide bonds. The standard InChI is InChI=1S/C20H15N5O2S/c1-12(18(26)23-14-6-4-5-13(9-14)10-21)28-20-25-24-19(27-20)16-11-22-17-8-3-2-7-15(16)17/h2-9,11-12,22H,1H3,(H,23,26)/t12-/m1/s1. The number of nitrogens with one attached hydrogen (secondary N) is 2. The first-order valence-corrected chi connectivity index (χ1v) is 9.39. The van der Waals surface area contributed by atoms with E-state index in [0.717, 1.165) is 16.5 Å². The molecule has 0 saturated heterocycles. The third-order valence-corrected chi connectivity index (χ3v) is 5.07. The van der Waals surface area contributed by atoms with Crippen LogP contribution in [0.5, 0.6) is 0 Å². The van der Waals surface area contributed by atoms with Gasteiger partial charge >= 0.3 is 0 Å². The molecule has 1 atom stereocenters. The summed E-state index contributed by atoms with van der Waals surface area (Å²) < 4.78 is 5.74. The van der Waals surface area contributed by atoms with Crippen molar-refractivity contribution in [3.8, 4) is 17.5 Å². The number of para-hydroxylation sites is 1. The van der Waals surface area contributed by atoms with Crippen molar-refractivity contribution in [3.05, 3.63) is 60.3 Å². The quantitative estimate of drug-likeness (QED) is 0.495. The normalized spacial score (nSPS) is 11.9. The van der Waals surface area contributed by atoms with Gasteiger partial charge in [0.05, 0.1) is 22.4 Å². The summed E-state index contributed by atoms with van der Waals surface area (Å²) in [5.41, 5.74) is 2.86. The van der Waals surface area contributed by atoms with Crippen LogP contribution in [0.2, 0.25) is 0 Å². The van der Waals surface area contributed by atoms with Gasteiger partial charge in [0.1, 0.15) is 0 Å². The van der Waals surface area contributed by atoms with Gasteiger partial charge in [0, 0.05) is 22.8 Å². The van der Waals surface area contributed by atoms with Crippen LogP contribution in [0.3, 0.4) is 0 Å². The highest BCUT2D eigenvalue weighted by molar-refractivity contribution is 8.00. The zero-order valence-corrected chi connectivity index (χ0v) is 15.7. The van der Waals surface area contributed by atoms with Crippen LogP contribution in [0.15, 0.2) is 64.4 Å². The van der Waals surface area contributed by atoms with E-state index < -0.39 is 5.25 Å². The van der Waals surface area contributed by atoms with E-state index in [9.17, 15) is 4.79 Å². The third kappa shape index (κ3) is 3.61. The summed E-state index contributed by atoms with van der Waals surface area (Å²) in [5, 5.41) is 20.7. The topological polar surface area (TPSA) is 108 Å². The number of carbonyl (C=O) groups is 1. The number of aromatic nitrogens is 3. The Hall–Kier alpha value is -3.57. The highest BCUT2D eigenvalue weighted by Crippen LogP contribution is 2.30. The van der Waals surface area contributed by atoms with Gasteiger partial charge in [-0.2, -0.15) is 5.26 Å². The van der Waals surface area contributed by atoms with Crippen molar-refractivity contribution in [2.75, 3.05) is 5.32 Å². The maximum Gasteiger partial charge on any atom is 0.277 e. The minimum atomic E-state index is -0.456. The number of hydrogen-bond acceptors (Lipinski definition) is 6. The second kappa shape index (κ2) is 7.58. The zero-order valence-electron chi connectivity index (χ0n) is 14.8. The average Bonchev–Trinajstić information content (AvgIpc) is 3.34. The molecule has 138 valence electrons. The van der Waals surface area contributed by atoms with Gasteiger partial charge in [0.15, 0.2) is 0 Å². The Bertz CT molecular complexity index is 1190.